The van der Waals surface area contributed by atoms with Crippen LogP contribution in [0.4, 0.5) is 0 Å². The number of aliphatic hydroxyl groups is 1. The van der Waals surface area contributed by atoms with Crippen molar-refractivity contribution in [1.29, 1.82) is 0 Å². The largest absolute Gasteiger partial charge is 0.389 e. The van der Waals surface area contributed by atoms with Crippen molar-refractivity contribution >= 4 is 5.91 Å². The van der Waals surface area contributed by atoms with Gasteiger partial charge in [-0.15, -0.1) is 0 Å². The summed E-state index contributed by atoms with van der Waals surface area (Å²) in [6.45, 7) is 10.7. The third-order valence-corrected chi connectivity index (χ3v) is 4.10. The second-order valence-electron chi connectivity index (χ2n) is 7.15. The van der Waals surface area contributed by atoms with E-state index in [2.05, 4.69) is 24.5 Å². The summed E-state index contributed by atoms with van der Waals surface area (Å²) < 4.78 is 0. The topological polar surface area (TPSA) is 61.4 Å². The predicted octanol–water partition coefficient (Wildman–Crippen LogP) is 1.82. The second-order valence-corrected chi connectivity index (χ2v) is 7.15. The van der Waals surface area contributed by atoms with Crippen LogP contribution >= 0.6 is 0 Å². The molecule has 0 aliphatic heterocycles. The standard InChI is InChI=1S/C15H30N2O2/c1-11(2)17-13(18)12(3)16-10-15(19)8-6-14(4,5)7-9-15/h11-12,16,19H,6-10H2,1-5H3,(H,17,18). The Balaban J connectivity index is 2.38. The quantitative estimate of drug-likeness (QED) is 0.714. The van der Waals surface area contributed by atoms with Crippen molar-refractivity contribution in [3.8, 4) is 0 Å². The van der Waals surface area contributed by atoms with Crippen LogP contribution in [0.15, 0.2) is 0 Å². The highest BCUT2D eigenvalue weighted by Crippen LogP contribution is 2.39. The van der Waals surface area contributed by atoms with Crippen LogP contribution in [-0.4, -0.2) is 35.2 Å². The number of hydrogen-bond acceptors (Lipinski definition) is 3. The Morgan fingerprint density at radius 2 is 1.68 bits per heavy atom. The first-order valence-corrected chi connectivity index (χ1v) is 7.40. The average molecular weight is 270 g/mol. The van der Waals surface area contributed by atoms with Gasteiger partial charge in [0.05, 0.1) is 11.6 Å². The summed E-state index contributed by atoms with van der Waals surface area (Å²) in [5.74, 6) is -0.00487. The predicted molar refractivity (Wildman–Crippen MR) is 77.9 cm³/mol. The van der Waals surface area contributed by atoms with Crippen LogP contribution in [0.1, 0.15) is 60.3 Å². The molecule has 0 aromatic carbocycles. The summed E-state index contributed by atoms with van der Waals surface area (Å²) >= 11 is 0. The fourth-order valence-corrected chi connectivity index (χ4v) is 2.41. The third kappa shape index (κ3) is 5.49. The van der Waals surface area contributed by atoms with Crippen molar-refractivity contribution in [3.63, 3.8) is 0 Å². The molecule has 0 aromatic heterocycles. The lowest BCUT2D eigenvalue weighted by Crippen LogP contribution is -2.51. The minimum Gasteiger partial charge on any atom is -0.389 e. The maximum Gasteiger partial charge on any atom is 0.237 e. The molecule has 1 saturated carbocycles. The molecule has 1 aliphatic carbocycles. The SMILES string of the molecule is CC(C)NC(=O)C(C)NCC1(O)CCC(C)(C)CC1. The molecule has 1 unspecified atom stereocenters. The van der Waals surface area contributed by atoms with Gasteiger partial charge in [-0.05, 0) is 51.9 Å². The monoisotopic (exact) mass is 270 g/mol. The average Bonchev–Trinajstić information content (AvgIpc) is 2.30. The molecular weight excluding hydrogens is 240 g/mol. The van der Waals surface area contributed by atoms with Crippen LogP contribution in [0.25, 0.3) is 0 Å². The Bertz CT molecular complexity index is 303. The number of amides is 1. The number of carbonyl (C=O) groups is 1. The Morgan fingerprint density at radius 3 is 2.16 bits per heavy atom. The van der Waals surface area contributed by atoms with Crippen LogP contribution in [-0.2, 0) is 4.79 Å². The van der Waals surface area contributed by atoms with Crippen molar-refractivity contribution in [1.82, 2.24) is 10.6 Å². The first-order chi connectivity index (χ1) is 8.64. The summed E-state index contributed by atoms with van der Waals surface area (Å²) in [7, 11) is 0. The minimum absolute atomic E-state index is 0.00487. The lowest BCUT2D eigenvalue weighted by atomic mass is 9.71. The van der Waals surface area contributed by atoms with E-state index in [0.717, 1.165) is 25.7 Å². The van der Waals surface area contributed by atoms with Crippen LogP contribution in [0.5, 0.6) is 0 Å². The summed E-state index contributed by atoms with van der Waals surface area (Å²) in [5, 5.41) is 16.6. The molecule has 0 heterocycles. The Hall–Kier alpha value is -0.610. The molecule has 0 saturated heterocycles. The molecule has 1 rings (SSSR count). The van der Waals surface area contributed by atoms with Gasteiger partial charge in [0, 0.05) is 12.6 Å². The highest BCUT2D eigenvalue weighted by Gasteiger charge is 2.36. The number of rotatable bonds is 5. The lowest BCUT2D eigenvalue weighted by Gasteiger charge is -2.40. The van der Waals surface area contributed by atoms with Crippen molar-refractivity contribution < 1.29 is 9.90 Å². The molecule has 0 radical (unpaired) electrons. The molecule has 19 heavy (non-hydrogen) atoms. The van der Waals surface area contributed by atoms with Gasteiger partial charge < -0.3 is 15.7 Å². The zero-order chi connectivity index (χ0) is 14.7. The summed E-state index contributed by atoms with van der Waals surface area (Å²) in [6, 6.07) is -0.114. The molecule has 0 bridgehead atoms. The minimum atomic E-state index is -0.651. The van der Waals surface area contributed by atoms with Gasteiger partial charge in [-0.3, -0.25) is 4.79 Å². The summed E-state index contributed by atoms with van der Waals surface area (Å²) in [6.07, 6.45) is 3.70. The van der Waals surface area contributed by atoms with Crippen LogP contribution < -0.4 is 10.6 Å². The molecule has 4 nitrogen and oxygen atoms in total. The summed E-state index contributed by atoms with van der Waals surface area (Å²) in [4.78, 5) is 11.8. The van der Waals surface area contributed by atoms with Crippen LogP contribution in [0.3, 0.4) is 0 Å². The van der Waals surface area contributed by atoms with E-state index in [1.807, 2.05) is 20.8 Å². The fourth-order valence-electron chi connectivity index (χ4n) is 2.41. The van der Waals surface area contributed by atoms with E-state index in [1.165, 1.54) is 0 Å². The smallest absolute Gasteiger partial charge is 0.237 e. The van der Waals surface area contributed by atoms with Gasteiger partial charge in [0.25, 0.3) is 0 Å². The highest BCUT2D eigenvalue weighted by molar-refractivity contribution is 5.81. The van der Waals surface area contributed by atoms with Crippen molar-refractivity contribution in [3.05, 3.63) is 0 Å². The molecule has 4 heteroatoms. The number of carbonyl (C=O) groups excluding carboxylic acids is 1. The van der Waals surface area contributed by atoms with Crippen molar-refractivity contribution in [2.75, 3.05) is 6.54 Å². The molecule has 0 spiro atoms. The summed E-state index contributed by atoms with van der Waals surface area (Å²) in [5.41, 5.74) is -0.311. The first kappa shape index (κ1) is 16.4. The molecule has 112 valence electrons. The molecule has 1 aliphatic rings. The number of hydrogen-bond donors (Lipinski definition) is 3. The van der Waals surface area contributed by atoms with Crippen LogP contribution in [0, 0.1) is 5.41 Å². The molecule has 1 atom stereocenters. The Labute approximate surface area is 117 Å². The van der Waals surface area contributed by atoms with Crippen molar-refractivity contribution in [2.45, 2.75) is 78.0 Å². The zero-order valence-electron chi connectivity index (χ0n) is 13.0. The lowest BCUT2D eigenvalue weighted by molar-refractivity contribution is -0.123. The van der Waals surface area contributed by atoms with E-state index in [0.29, 0.717) is 12.0 Å². The van der Waals surface area contributed by atoms with Gasteiger partial charge in [0.15, 0.2) is 0 Å². The zero-order valence-corrected chi connectivity index (χ0v) is 13.0. The highest BCUT2D eigenvalue weighted by atomic mass is 16.3. The van der Waals surface area contributed by atoms with E-state index >= 15 is 0 Å². The maximum atomic E-state index is 11.8. The van der Waals surface area contributed by atoms with Crippen molar-refractivity contribution in [2.24, 2.45) is 5.41 Å². The molecule has 1 amide bonds. The van der Waals surface area contributed by atoms with Gasteiger partial charge in [0.1, 0.15) is 0 Å². The van der Waals surface area contributed by atoms with E-state index in [1.54, 1.807) is 0 Å². The molecule has 0 aromatic rings. The van der Waals surface area contributed by atoms with Gasteiger partial charge in [-0.1, -0.05) is 13.8 Å². The molecule has 3 N–H and O–H groups in total. The normalized spacial score (nSPS) is 23.1. The van der Waals surface area contributed by atoms with Crippen LogP contribution in [0.2, 0.25) is 0 Å². The molecule has 1 fully saturated rings. The van der Waals surface area contributed by atoms with E-state index in [9.17, 15) is 9.90 Å². The molecular formula is C15H30N2O2. The van der Waals surface area contributed by atoms with Gasteiger partial charge in [0.2, 0.25) is 5.91 Å². The van der Waals surface area contributed by atoms with Gasteiger partial charge in [-0.25, -0.2) is 0 Å². The van der Waals surface area contributed by atoms with Gasteiger partial charge in [-0.2, -0.15) is 0 Å². The first-order valence-electron chi connectivity index (χ1n) is 7.40. The Kier molecular flexibility index (Phi) is 5.39. The van der Waals surface area contributed by atoms with E-state index in [4.69, 9.17) is 0 Å². The Morgan fingerprint density at radius 1 is 1.16 bits per heavy atom. The van der Waals surface area contributed by atoms with Gasteiger partial charge >= 0.3 is 0 Å². The maximum absolute atomic E-state index is 11.8. The van der Waals surface area contributed by atoms with E-state index < -0.39 is 5.60 Å². The second kappa shape index (κ2) is 6.23. The third-order valence-electron chi connectivity index (χ3n) is 4.10. The van der Waals surface area contributed by atoms with E-state index in [-0.39, 0.29) is 18.0 Å². The fraction of sp³-hybridized carbons (Fsp3) is 0.933. The number of nitrogens with one attached hydrogen (secondary N) is 2.